The first-order valence-corrected chi connectivity index (χ1v) is 8.87. The number of ether oxygens (including phenoxy) is 1. The highest BCUT2D eigenvalue weighted by Gasteiger charge is 2.37. The topological polar surface area (TPSA) is 32.7 Å². The summed E-state index contributed by atoms with van der Waals surface area (Å²) in [5, 5.41) is 11.4. The molecular weight excluding hydrogens is 286 g/mol. The van der Waals surface area contributed by atoms with E-state index in [-0.39, 0.29) is 5.92 Å². The van der Waals surface area contributed by atoms with E-state index in [4.69, 9.17) is 4.74 Å². The number of nitrogens with zero attached hydrogens (tertiary/aromatic N) is 1. The highest BCUT2D eigenvalue weighted by atomic mass is 16.5. The summed E-state index contributed by atoms with van der Waals surface area (Å²) in [6.45, 7) is 4.15. The first kappa shape index (κ1) is 16.5. The lowest BCUT2D eigenvalue weighted by Crippen LogP contribution is -2.37. The molecule has 124 valence electrons. The third-order valence-corrected chi connectivity index (χ3v) is 5.10. The Bertz CT molecular complexity index is 536. The van der Waals surface area contributed by atoms with E-state index in [0.29, 0.717) is 6.54 Å². The van der Waals surface area contributed by atoms with Gasteiger partial charge in [-0.3, -0.25) is 4.90 Å². The molecule has 1 N–H and O–H groups in total. The summed E-state index contributed by atoms with van der Waals surface area (Å²) in [6.07, 6.45) is 5.81. The zero-order valence-electron chi connectivity index (χ0n) is 13.8. The highest BCUT2D eigenvalue weighted by Crippen LogP contribution is 2.38. The number of aliphatic hydroxyl groups is 1. The maximum atomic E-state index is 11.4. The molecule has 0 bridgehead atoms. The number of rotatable bonds is 3. The molecule has 23 heavy (non-hydrogen) atoms. The molecule has 1 aliphatic carbocycles. The number of benzene rings is 1. The van der Waals surface area contributed by atoms with Crippen LogP contribution in [0.2, 0.25) is 0 Å². The fraction of sp³-hybridized carbons (Fsp3) is 0.600. The van der Waals surface area contributed by atoms with Crippen LogP contribution in [0.3, 0.4) is 0 Å². The van der Waals surface area contributed by atoms with Gasteiger partial charge in [-0.05, 0) is 18.4 Å². The van der Waals surface area contributed by atoms with Crippen LogP contribution in [0.15, 0.2) is 30.3 Å². The van der Waals surface area contributed by atoms with Crippen LogP contribution >= 0.6 is 0 Å². The van der Waals surface area contributed by atoms with Crippen molar-refractivity contribution in [3.05, 3.63) is 35.9 Å². The van der Waals surface area contributed by atoms with E-state index in [9.17, 15) is 5.11 Å². The fourth-order valence-electron chi connectivity index (χ4n) is 3.67. The maximum Gasteiger partial charge on any atom is 0.153 e. The Labute approximate surface area is 139 Å². The molecule has 2 fully saturated rings. The zero-order valence-corrected chi connectivity index (χ0v) is 13.8. The van der Waals surface area contributed by atoms with Crippen molar-refractivity contribution in [3.8, 4) is 11.8 Å². The molecule has 3 heteroatoms. The minimum atomic E-state index is -1.01. The van der Waals surface area contributed by atoms with Gasteiger partial charge in [0, 0.05) is 19.0 Å². The predicted molar refractivity (Wildman–Crippen MR) is 91.9 cm³/mol. The van der Waals surface area contributed by atoms with Gasteiger partial charge in [-0.15, -0.1) is 0 Å². The molecule has 1 saturated carbocycles. The number of hydrogen-bond acceptors (Lipinski definition) is 3. The van der Waals surface area contributed by atoms with E-state index in [0.717, 1.165) is 44.7 Å². The van der Waals surface area contributed by atoms with Crippen molar-refractivity contribution in [2.24, 2.45) is 5.92 Å². The first-order chi connectivity index (χ1) is 11.3. The second-order valence-electron chi connectivity index (χ2n) is 6.66. The molecule has 1 heterocycles. The lowest BCUT2D eigenvalue weighted by Gasteiger charge is -2.35. The maximum absolute atomic E-state index is 11.4. The fourth-order valence-corrected chi connectivity index (χ4v) is 3.67. The van der Waals surface area contributed by atoms with Crippen molar-refractivity contribution < 1.29 is 9.84 Å². The summed E-state index contributed by atoms with van der Waals surface area (Å²) in [4.78, 5) is 2.29. The van der Waals surface area contributed by atoms with Crippen LogP contribution in [-0.2, 0) is 10.3 Å². The van der Waals surface area contributed by atoms with Crippen LogP contribution < -0.4 is 0 Å². The minimum Gasteiger partial charge on any atom is -0.379 e. The minimum absolute atomic E-state index is 0.246. The van der Waals surface area contributed by atoms with Crippen molar-refractivity contribution in [1.29, 1.82) is 0 Å². The van der Waals surface area contributed by atoms with Crippen LogP contribution in [-0.4, -0.2) is 42.9 Å². The van der Waals surface area contributed by atoms with Crippen molar-refractivity contribution in [2.75, 3.05) is 32.8 Å². The van der Waals surface area contributed by atoms with Gasteiger partial charge in [0.1, 0.15) is 0 Å². The van der Waals surface area contributed by atoms with Gasteiger partial charge < -0.3 is 9.84 Å². The number of morpholine rings is 1. The normalized spacial score (nSPS) is 22.8. The van der Waals surface area contributed by atoms with Crippen LogP contribution in [0, 0.1) is 17.8 Å². The summed E-state index contributed by atoms with van der Waals surface area (Å²) in [5.74, 6) is 6.76. The third-order valence-electron chi connectivity index (χ3n) is 5.10. The van der Waals surface area contributed by atoms with Crippen LogP contribution in [0.25, 0.3) is 0 Å². The molecule has 1 aliphatic heterocycles. The molecule has 0 amide bonds. The molecule has 3 nitrogen and oxygen atoms in total. The molecule has 0 aromatic heterocycles. The van der Waals surface area contributed by atoms with E-state index < -0.39 is 5.60 Å². The summed E-state index contributed by atoms with van der Waals surface area (Å²) >= 11 is 0. The van der Waals surface area contributed by atoms with Crippen LogP contribution in [0.5, 0.6) is 0 Å². The van der Waals surface area contributed by atoms with Crippen molar-refractivity contribution >= 4 is 0 Å². The Morgan fingerprint density at radius 1 is 1.09 bits per heavy atom. The quantitative estimate of drug-likeness (QED) is 0.871. The molecule has 0 radical (unpaired) electrons. The van der Waals surface area contributed by atoms with Gasteiger partial charge in [0.15, 0.2) is 5.60 Å². The van der Waals surface area contributed by atoms with Crippen molar-refractivity contribution in [3.63, 3.8) is 0 Å². The monoisotopic (exact) mass is 313 g/mol. The molecule has 3 rings (SSSR count). The molecule has 0 spiro atoms. The molecule has 1 aromatic carbocycles. The van der Waals surface area contributed by atoms with Gasteiger partial charge in [-0.2, -0.15) is 0 Å². The van der Waals surface area contributed by atoms with Gasteiger partial charge in [0.05, 0.1) is 19.8 Å². The average Bonchev–Trinajstić information content (AvgIpc) is 2.64. The third kappa shape index (κ3) is 4.14. The second kappa shape index (κ2) is 7.97. The van der Waals surface area contributed by atoms with E-state index in [1.165, 1.54) is 19.3 Å². The number of hydrogen-bond donors (Lipinski definition) is 1. The Hall–Kier alpha value is -1.34. The van der Waals surface area contributed by atoms with Gasteiger partial charge >= 0.3 is 0 Å². The van der Waals surface area contributed by atoms with Crippen molar-refractivity contribution in [2.45, 2.75) is 37.7 Å². The first-order valence-electron chi connectivity index (χ1n) is 8.87. The smallest absolute Gasteiger partial charge is 0.153 e. The molecule has 1 saturated heterocycles. The van der Waals surface area contributed by atoms with Gasteiger partial charge in [0.25, 0.3) is 0 Å². The molecule has 0 unspecified atom stereocenters. The predicted octanol–water partition coefficient (Wildman–Crippen LogP) is 2.79. The average molecular weight is 313 g/mol. The Kier molecular flexibility index (Phi) is 5.72. The molecule has 2 aliphatic rings. The molecule has 1 atom stereocenters. The Morgan fingerprint density at radius 2 is 1.78 bits per heavy atom. The standard InChI is InChI=1S/C20H27NO2/c22-20(18-8-3-1-4-9-18,19-10-5-2-6-11-19)12-7-13-21-14-16-23-17-15-21/h1,3-4,8-9,19,22H,2,5-6,10-11,13-17H2/t20-/m0/s1. The summed E-state index contributed by atoms with van der Waals surface area (Å²) in [7, 11) is 0. The van der Waals surface area contributed by atoms with Crippen LogP contribution in [0.1, 0.15) is 37.7 Å². The SMILES string of the molecule is O[C@@](C#CCN1CCOCC1)(c1ccccc1)C1CCCCC1. The highest BCUT2D eigenvalue weighted by molar-refractivity contribution is 5.33. The van der Waals surface area contributed by atoms with E-state index >= 15 is 0 Å². The Balaban J connectivity index is 1.77. The Morgan fingerprint density at radius 3 is 2.48 bits per heavy atom. The van der Waals surface area contributed by atoms with Crippen molar-refractivity contribution in [1.82, 2.24) is 4.90 Å². The van der Waals surface area contributed by atoms with Crippen LogP contribution in [0.4, 0.5) is 0 Å². The van der Waals surface area contributed by atoms with Gasteiger partial charge in [-0.1, -0.05) is 61.4 Å². The lowest BCUT2D eigenvalue weighted by molar-refractivity contribution is 0.0156. The van der Waals surface area contributed by atoms with Gasteiger partial charge in [-0.25, -0.2) is 0 Å². The van der Waals surface area contributed by atoms with E-state index in [1.54, 1.807) is 0 Å². The van der Waals surface area contributed by atoms with E-state index in [1.807, 2.05) is 30.3 Å². The zero-order chi connectivity index (χ0) is 16.0. The lowest BCUT2D eigenvalue weighted by atomic mass is 9.73. The largest absolute Gasteiger partial charge is 0.379 e. The molecule has 1 aromatic rings. The summed E-state index contributed by atoms with van der Waals surface area (Å²) < 4.78 is 5.37. The van der Waals surface area contributed by atoms with E-state index in [2.05, 4.69) is 16.7 Å². The second-order valence-corrected chi connectivity index (χ2v) is 6.66. The summed E-state index contributed by atoms with van der Waals surface area (Å²) in [5.41, 5.74) is -0.0603. The summed E-state index contributed by atoms with van der Waals surface area (Å²) in [6, 6.07) is 10.0. The molecular formula is C20H27NO2. The van der Waals surface area contributed by atoms with Gasteiger partial charge in [0.2, 0.25) is 0 Å².